The van der Waals surface area contributed by atoms with E-state index in [9.17, 15) is 48.7 Å². The highest BCUT2D eigenvalue weighted by molar-refractivity contribution is 5.95. The fraction of sp³-hybridized carbons (Fsp3) is 0.735. The number of nitriles is 1. The highest BCUT2D eigenvalue weighted by atomic mass is 16.7. The molecule has 11 aliphatic carbocycles. The van der Waals surface area contributed by atoms with Crippen LogP contribution in [-0.4, -0.2) is 117 Å². The minimum absolute atomic E-state index is 0.00399. The SMILES string of the molecule is CCC(C)(C)C(=O)Nc1ccc(O)cc1.CCC(C)(C)C(=O)OC1(C)C2CC3CC(C2)CC1C3.CCC(C)(C)C(=O)OC12CC3CC(CC(O)(C3)C1)C2.CCC(C)(C)C(=O)OC1C2CC3C(=O)OC1C3O2.CCC(C)(C)C(=O)OC1C2CC3C1OC(=O)C3(C#N)C2.CCC(C)c1ccc(-c2ccccc2)cc1.CCC1(OC(=O)C(C)(C)CC)CCCC1. The van der Waals surface area contributed by atoms with Crippen molar-refractivity contribution in [2.75, 3.05) is 5.32 Å². The molecule has 0 spiro atoms. The van der Waals surface area contributed by atoms with E-state index in [0.717, 1.165) is 88.9 Å². The molecule has 4 saturated heterocycles. The number of hydrogen-bond acceptors (Lipinski definition) is 19. The summed E-state index contributed by atoms with van der Waals surface area (Å²) in [5, 5.41) is 31.9. The largest absolute Gasteiger partial charge is 0.508 e. The molecule has 1 amide bonds. The van der Waals surface area contributed by atoms with Gasteiger partial charge in [-0.15, -0.1) is 0 Å². The Balaban J connectivity index is 0.000000150. The van der Waals surface area contributed by atoms with Crippen LogP contribution in [0.1, 0.15) is 331 Å². The van der Waals surface area contributed by atoms with Crippen molar-refractivity contribution in [3.05, 3.63) is 84.4 Å². The van der Waals surface area contributed by atoms with Gasteiger partial charge in [0.25, 0.3) is 0 Å². The minimum Gasteiger partial charge on any atom is -0.508 e. The first-order valence-electron chi connectivity index (χ1n) is 46.7. The molecule has 3 aromatic rings. The Morgan fingerprint density at radius 3 is 1.49 bits per heavy atom. The maximum Gasteiger partial charge on any atom is 0.327 e. The number of nitrogens with zero attached hydrogens (tertiary/aromatic N) is 1. The van der Waals surface area contributed by atoms with E-state index >= 15 is 0 Å². The van der Waals surface area contributed by atoms with Crippen LogP contribution in [0.2, 0.25) is 0 Å². The number of rotatable bonds is 22. The lowest BCUT2D eigenvalue weighted by Crippen LogP contribution is -2.61. The van der Waals surface area contributed by atoms with E-state index in [2.05, 4.69) is 101 Å². The summed E-state index contributed by atoms with van der Waals surface area (Å²) < 4.78 is 45.3. The number of phenolic OH excluding ortho intramolecular Hbond substituents is 1. The van der Waals surface area contributed by atoms with Crippen LogP contribution in [0, 0.1) is 102 Å². The number of hydrogen-bond donors (Lipinski definition) is 3. The van der Waals surface area contributed by atoms with Gasteiger partial charge in [0.05, 0.1) is 50.8 Å². The van der Waals surface area contributed by atoms with Crippen LogP contribution in [0.5, 0.6) is 5.75 Å². The highest BCUT2D eigenvalue weighted by Crippen LogP contribution is 2.64. The Labute approximate surface area is 729 Å². The van der Waals surface area contributed by atoms with Gasteiger partial charge < -0.3 is 53.4 Å². The predicted molar refractivity (Wildman–Crippen MR) is 470 cm³/mol. The number of aromatic hydroxyl groups is 1. The van der Waals surface area contributed by atoms with Crippen molar-refractivity contribution in [2.45, 2.75) is 384 Å². The van der Waals surface area contributed by atoms with Gasteiger partial charge in [-0.3, -0.25) is 38.4 Å². The van der Waals surface area contributed by atoms with Gasteiger partial charge in [-0.1, -0.05) is 131 Å². The number of nitrogens with one attached hydrogen (secondary N) is 1. The number of phenols is 1. The molecule has 0 aromatic heterocycles. The first-order chi connectivity index (χ1) is 57.1. The van der Waals surface area contributed by atoms with E-state index < -0.39 is 51.5 Å². The topological polar surface area (TPSA) is 287 Å². The summed E-state index contributed by atoms with van der Waals surface area (Å²) >= 11 is 0. The van der Waals surface area contributed by atoms with Crippen LogP contribution in [0.3, 0.4) is 0 Å². The normalized spacial score (nSPS) is 32.2. The molecule has 20 nitrogen and oxygen atoms in total. The van der Waals surface area contributed by atoms with Crippen molar-refractivity contribution in [1.82, 2.24) is 0 Å². The summed E-state index contributed by atoms with van der Waals surface area (Å²) in [6, 6.07) is 28.1. The third kappa shape index (κ3) is 21.1. The van der Waals surface area contributed by atoms with Crippen molar-refractivity contribution in [1.29, 1.82) is 5.26 Å². The summed E-state index contributed by atoms with van der Waals surface area (Å²) in [4.78, 5) is 96.4. The van der Waals surface area contributed by atoms with Gasteiger partial charge in [0.1, 0.15) is 40.9 Å². The van der Waals surface area contributed by atoms with E-state index in [1.165, 1.54) is 74.5 Å². The van der Waals surface area contributed by atoms with Crippen molar-refractivity contribution >= 4 is 53.4 Å². The summed E-state index contributed by atoms with van der Waals surface area (Å²) in [5.74, 6) is 3.69. The molecular weight excluding hydrogens is 1540 g/mol. The van der Waals surface area contributed by atoms with E-state index in [4.69, 9.17) is 43.0 Å². The molecule has 18 rings (SSSR count). The smallest absolute Gasteiger partial charge is 0.327 e. The molecule has 12 bridgehead atoms. The third-order valence-corrected chi connectivity index (χ3v) is 31.9. The second kappa shape index (κ2) is 38.1. The molecule has 20 heteroatoms. The van der Waals surface area contributed by atoms with Gasteiger partial charge >= 0.3 is 41.8 Å². The zero-order chi connectivity index (χ0) is 89.9. The number of anilines is 1. The van der Waals surface area contributed by atoms with Crippen LogP contribution in [0.15, 0.2) is 78.9 Å². The molecule has 4 heterocycles. The lowest BCUT2D eigenvalue weighted by Gasteiger charge is -2.59. The first-order valence-corrected chi connectivity index (χ1v) is 46.7. The van der Waals surface area contributed by atoms with Crippen LogP contribution >= 0.6 is 0 Å². The van der Waals surface area contributed by atoms with Crippen molar-refractivity contribution in [3.8, 4) is 22.9 Å². The highest BCUT2D eigenvalue weighted by Gasteiger charge is 2.73. The van der Waals surface area contributed by atoms with Gasteiger partial charge in [-0.25, -0.2) is 0 Å². The number of ether oxygens (including phenoxy) is 8. The standard InChI is InChI=1S/C17H28O2.C16H26O3.C16H18.C15H19NO4.C13H18O5.C13H24O2.C12H17NO2/c1-5-16(2,3)15(18)19-17(4)13-7-11-6-12(9-13)10-14(17)8-11;1-4-14(2,3)13(17)19-16-8-11-5-12(9-16)7-15(18,6-11)10-16;1-3-13(2)14-9-11-16(12-10-14)15-7-5-4-6-8-15;1-4-14(2,3)12(17)19-10-8-5-9-11(10)20-13(18)15(9,6-8)7-16;1-4-13(2,3)12(15)18-9-7-5-6-8(16-7)10(9)17-11(6)14;1-5-12(3,4)11(14)15-13(6-2)9-7-8-10-13;1-4-12(2,3)11(15)13-9-5-7-10(14)8-6-9/h11-14H,5-10H2,1-4H3;11-12,18H,4-10H2,1-3H3;4-13H,3H2,1-2H3;8-11H,4-6H2,1-3H3;6-10H,4-5H2,1-3H3;5-10H2,1-4H3;5-8,14H,4H2,1-3H3,(H,13,15). The van der Waals surface area contributed by atoms with Gasteiger partial charge in [0.15, 0.2) is 17.6 Å². The maximum atomic E-state index is 12.5. The quantitative estimate of drug-likeness (QED) is 0.0478. The molecule has 4 aliphatic heterocycles. The van der Waals surface area contributed by atoms with Gasteiger partial charge in [0.2, 0.25) is 5.91 Å². The molecule has 11 saturated carbocycles. The van der Waals surface area contributed by atoms with E-state index in [1.807, 2.05) is 118 Å². The van der Waals surface area contributed by atoms with Gasteiger partial charge in [-0.05, 0) is 319 Å². The Kier molecular flexibility index (Phi) is 30.2. The Bertz CT molecular complexity index is 4140. The number of carbonyl (C=O) groups excluding carboxylic acids is 8. The maximum absolute atomic E-state index is 12.5. The average molecular weight is 1690 g/mol. The zero-order valence-corrected chi connectivity index (χ0v) is 78.0. The number of carbonyl (C=O) groups is 8. The number of benzene rings is 3. The number of aliphatic hydroxyl groups is 1. The molecular formula is C102H150N2O18. The third-order valence-electron chi connectivity index (χ3n) is 31.9. The van der Waals surface area contributed by atoms with E-state index in [1.54, 1.807) is 24.3 Å². The fourth-order valence-electron chi connectivity index (χ4n) is 20.9. The lowest BCUT2D eigenvalue weighted by atomic mass is 9.50. The van der Waals surface area contributed by atoms with Gasteiger partial charge in [0, 0.05) is 29.4 Å². The zero-order valence-electron chi connectivity index (χ0n) is 78.0. The first kappa shape index (κ1) is 96.8. The number of esters is 7. The van der Waals surface area contributed by atoms with Gasteiger partial charge in [-0.2, -0.15) is 5.26 Å². The average Bonchev–Trinajstić information content (AvgIpc) is 1.51. The number of amides is 1. The molecule has 3 aromatic carbocycles. The molecule has 676 valence electrons. The second-order valence-electron chi connectivity index (χ2n) is 42.9. The van der Waals surface area contributed by atoms with Crippen molar-refractivity contribution in [2.24, 2.45) is 91.2 Å². The second-order valence-corrected chi connectivity index (χ2v) is 42.9. The van der Waals surface area contributed by atoms with Crippen molar-refractivity contribution in [3.63, 3.8) is 0 Å². The minimum atomic E-state index is -0.974. The number of fused-ring (bicyclic) bond motifs is 2. The molecule has 3 N–H and O–H groups in total. The van der Waals surface area contributed by atoms with E-state index in [0.29, 0.717) is 67.4 Å². The van der Waals surface area contributed by atoms with Crippen LogP contribution in [0.25, 0.3) is 11.1 Å². The van der Waals surface area contributed by atoms with Crippen molar-refractivity contribution < 1.29 is 86.5 Å². The molecule has 122 heavy (non-hydrogen) atoms. The molecule has 15 aliphatic rings. The summed E-state index contributed by atoms with van der Waals surface area (Å²) in [5.41, 5.74) is 0.0574. The predicted octanol–water partition coefficient (Wildman–Crippen LogP) is 21.4. The molecule has 13 unspecified atom stereocenters. The van der Waals surface area contributed by atoms with Crippen LogP contribution in [-0.2, 0) is 76.3 Å². The molecule has 13 atom stereocenters. The Hall–Kier alpha value is -7.37. The molecule has 15 fully saturated rings. The monoisotopic (exact) mass is 1690 g/mol. The van der Waals surface area contributed by atoms with Crippen LogP contribution < -0.4 is 5.32 Å². The fourth-order valence-corrected chi connectivity index (χ4v) is 20.9. The summed E-state index contributed by atoms with van der Waals surface area (Å²) in [7, 11) is 0. The summed E-state index contributed by atoms with van der Waals surface area (Å²) in [6.07, 6.45) is 23.5. The molecule has 0 radical (unpaired) electrons. The lowest BCUT2D eigenvalue weighted by molar-refractivity contribution is -0.225. The van der Waals surface area contributed by atoms with E-state index in [-0.39, 0.29) is 117 Å². The Morgan fingerprint density at radius 2 is 1.01 bits per heavy atom. The summed E-state index contributed by atoms with van der Waals surface area (Å²) in [6.45, 7) is 43.9. The van der Waals surface area contributed by atoms with Crippen LogP contribution in [0.4, 0.5) is 5.69 Å². The Morgan fingerprint density at radius 1 is 0.533 bits per heavy atom.